The molecular weight excluding hydrogens is 157 g/mol. The van der Waals surface area contributed by atoms with Gasteiger partial charge in [-0.1, -0.05) is 0 Å². The summed E-state index contributed by atoms with van der Waals surface area (Å²) < 4.78 is 10.3. The van der Waals surface area contributed by atoms with Gasteiger partial charge in [0.25, 0.3) is 0 Å². The van der Waals surface area contributed by atoms with E-state index in [4.69, 9.17) is 20.6 Å². The minimum Gasteiger partial charge on any atom is -0.380 e. The summed E-state index contributed by atoms with van der Waals surface area (Å²) in [4.78, 5) is 16.7. The monoisotopic (exact) mass is 169 g/mol. The predicted molar refractivity (Wildman–Crippen MR) is 36.3 cm³/mol. The molecule has 5 N–H and O–H groups in total. The Morgan fingerprint density at radius 3 is 2.10 bits per heavy atom. The van der Waals surface area contributed by atoms with Gasteiger partial charge in [-0.2, -0.15) is 0 Å². The van der Waals surface area contributed by atoms with Gasteiger partial charge in [0.15, 0.2) is 5.85 Å². The van der Waals surface area contributed by atoms with Crippen molar-refractivity contribution in [3.63, 3.8) is 0 Å². The van der Waals surface area contributed by atoms with Crippen LogP contribution < -0.4 is 5.73 Å². The van der Waals surface area contributed by atoms with Crippen LogP contribution in [0.25, 0.3) is 0 Å². The van der Waals surface area contributed by atoms with E-state index in [2.05, 4.69) is 0 Å². The van der Waals surface area contributed by atoms with Gasteiger partial charge in [0, 0.05) is 6.04 Å². The van der Waals surface area contributed by atoms with Crippen molar-refractivity contribution in [2.45, 2.75) is 25.2 Å². The van der Waals surface area contributed by atoms with Crippen molar-refractivity contribution in [3.8, 4) is 0 Å². The highest BCUT2D eigenvalue weighted by atomic mass is 31.2. The zero-order chi connectivity index (χ0) is 8.36. The van der Waals surface area contributed by atoms with Gasteiger partial charge in [0.1, 0.15) is 0 Å². The first kappa shape index (κ1) is 10.1. The summed E-state index contributed by atoms with van der Waals surface area (Å²) in [6.45, 7) is 1.57. The Morgan fingerprint density at radius 1 is 1.60 bits per heavy atom. The van der Waals surface area contributed by atoms with Crippen molar-refractivity contribution >= 4 is 7.60 Å². The summed E-state index contributed by atoms with van der Waals surface area (Å²) in [5.41, 5.74) is 5.19. The van der Waals surface area contributed by atoms with E-state index < -0.39 is 19.5 Å². The van der Waals surface area contributed by atoms with Gasteiger partial charge in [0.05, 0.1) is 0 Å². The predicted octanol–water partition coefficient (Wildman–Crippen LogP) is -0.780. The maximum atomic E-state index is 10.3. The molecule has 0 saturated heterocycles. The number of rotatable bonds is 3. The van der Waals surface area contributed by atoms with Crippen molar-refractivity contribution in [2.75, 3.05) is 0 Å². The summed E-state index contributed by atoms with van der Waals surface area (Å²) >= 11 is 0. The highest BCUT2D eigenvalue weighted by molar-refractivity contribution is 7.52. The molecule has 0 bridgehead atoms. The Hall–Kier alpha value is 0.0700. The van der Waals surface area contributed by atoms with Gasteiger partial charge in [-0.05, 0) is 13.3 Å². The second-order valence-corrected chi connectivity index (χ2v) is 4.06. The molecule has 2 atom stereocenters. The number of hydrogen-bond donors (Lipinski definition) is 4. The quantitative estimate of drug-likeness (QED) is 0.415. The molecule has 62 valence electrons. The molecule has 0 radical (unpaired) electrons. The molecule has 2 unspecified atom stereocenters. The van der Waals surface area contributed by atoms with Gasteiger partial charge in [-0.25, -0.2) is 0 Å². The van der Waals surface area contributed by atoms with Crippen LogP contribution >= 0.6 is 7.60 Å². The molecule has 5 nitrogen and oxygen atoms in total. The van der Waals surface area contributed by atoms with E-state index in [1.807, 2.05) is 0 Å². The van der Waals surface area contributed by atoms with Crippen LogP contribution in [0, 0.1) is 0 Å². The highest BCUT2D eigenvalue weighted by Gasteiger charge is 2.26. The van der Waals surface area contributed by atoms with Gasteiger partial charge < -0.3 is 20.6 Å². The fourth-order valence-corrected chi connectivity index (χ4v) is 1.08. The zero-order valence-electron chi connectivity index (χ0n) is 5.64. The summed E-state index contributed by atoms with van der Waals surface area (Å²) in [6, 6.07) is -0.400. The van der Waals surface area contributed by atoms with Crippen molar-refractivity contribution in [1.82, 2.24) is 0 Å². The first-order chi connectivity index (χ1) is 4.34. The molecule has 0 aromatic carbocycles. The molecule has 0 aromatic rings. The average molecular weight is 169 g/mol. The van der Waals surface area contributed by atoms with Crippen LogP contribution in [-0.4, -0.2) is 26.8 Å². The molecule has 0 aliphatic heterocycles. The van der Waals surface area contributed by atoms with Crippen LogP contribution in [0.15, 0.2) is 0 Å². The van der Waals surface area contributed by atoms with Crippen LogP contribution in [0.5, 0.6) is 0 Å². The standard InChI is InChI=1S/C4H12NO4P/c1-3(5)2-4(6)10(7,8)9/h3-4,6H,2,5H2,1H3,(H2,7,8,9). The smallest absolute Gasteiger partial charge is 0.353 e. The van der Waals surface area contributed by atoms with Crippen molar-refractivity contribution < 1.29 is 19.5 Å². The second-order valence-electron chi connectivity index (χ2n) is 2.28. The van der Waals surface area contributed by atoms with E-state index in [1.165, 1.54) is 0 Å². The Bertz CT molecular complexity index is 142. The fourth-order valence-electron chi connectivity index (χ4n) is 0.470. The molecule has 0 amide bonds. The Kier molecular flexibility index (Phi) is 3.48. The summed E-state index contributed by atoms with van der Waals surface area (Å²) in [5, 5.41) is 8.71. The highest BCUT2D eigenvalue weighted by Crippen LogP contribution is 2.41. The average Bonchev–Trinajstić information content (AvgIpc) is 1.60. The minimum atomic E-state index is -4.34. The molecule has 0 aliphatic rings. The maximum absolute atomic E-state index is 10.3. The maximum Gasteiger partial charge on any atom is 0.353 e. The van der Waals surface area contributed by atoms with E-state index >= 15 is 0 Å². The van der Waals surface area contributed by atoms with Gasteiger partial charge in [-0.15, -0.1) is 0 Å². The fraction of sp³-hybridized carbons (Fsp3) is 1.00. The zero-order valence-corrected chi connectivity index (χ0v) is 6.53. The van der Waals surface area contributed by atoms with Gasteiger partial charge in [-0.3, -0.25) is 4.57 Å². The van der Waals surface area contributed by atoms with Crippen LogP contribution in [0.1, 0.15) is 13.3 Å². The molecule has 0 saturated carbocycles. The molecule has 0 rings (SSSR count). The molecule has 0 fully saturated rings. The molecule has 0 aromatic heterocycles. The minimum absolute atomic E-state index is 0.0791. The number of hydrogen-bond acceptors (Lipinski definition) is 3. The SMILES string of the molecule is CC(N)CC(O)P(=O)(O)O. The van der Waals surface area contributed by atoms with E-state index in [0.717, 1.165) is 0 Å². The van der Waals surface area contributed by atoms with Crippen molar-refractivity contribution in [1.29, 1.82) is 0 Å². The number of aliphatic hydroxyl groups excluding tert-OH is 1. The van der Waals surface area contributed by atoms with Gasteiger partial charge >= 0.3 is 7.60 Å². The van der Waals surface area contributed by atoms with Crippen LogP contribution in [0.4, 0.5) is 0 Å². The van der Waals surface area contributed by atoms with Crippen LogP contribution in [0.3, 0.4) is 0 Å². The van der Waals surface area contributed by atoms with E-state index in [1.54, 1.807) is 6.92 Å². The van der Waals surface area contributed by atoms with Gasteiger partial charge in [0.2, 0.25) is 0 Å². The largest absolute Gasteiger partial charge is 0.380 e. The van der Waals surface area contributed by atoms with E-state index in [-0.39, 0.29) is 6.42 Å². The van der Waals surface area contributed by atoms with Crippen molar-refractivity contribution in [2.24, 2.45) is 5.73 Å². The first-order valence-electron chi connectivity index (χ1n) is 2.83. The Balaban J connectivity index is 3.86. The first-order valence-corrected chi connectivity index (χ1v) is 4.51. The third-order valence-electron chi connectivity index (χ3n) is 0.971. The third kappa shape index (κ3) is 3.98. The van der Waals surface area contributed by atoms with E-state index in [9.17, 15) is 4.57 Å². The number of aliphatic hydroxyl groups is 1. The lowest BCUT2D eigenvalue weighted by atomic mass is 10.3. The lowest BCUT2D eigenvalue weighted by Crippen LogP contribution is -2.22. The van der Waals surface area contributed by atoms with Crippen LogP contribution in [-0.2, 0) is 4.57 Å². The van der Waals surface area contributed by atoms with E-state index in [0.29, 0.717) is 0 Å². The molecular formula is C4H12NO4P. The van der Waals surface area contributed by atoms with Crippen LogP contribution in [0.2, 0.25) is 0 Å². The molecule has 6 heteroatoms. The lowest BCUT2D eigenvalue weighted by Gasteiger charge is -2.13. The topological polar surface area (TPSA) is 104 Å². The Morgan fingerprint density at radius 2 is 2.00 bits per heavy atom. The Labute approximate surface area is 59.0 Å². The summed E-state index contributed by atoms with van der Waals surface area (Å²) in [5.74, 6) is -1.62. The third-order valence-corrected chi connectivity index (χ3v) is 1.96. The molecule has 0 heterocycles. The molecule has 10 heavy (non-hydrogen) atoms. The normalized spacial score (nSPS) is 18.5. The molecule has 0 spiro atoms. The van der Waals surface area contributed by atoms with Crippen molar-refractivity contribution in [3.05, 3.63) is 0 Å². The summed E-state index contributed by atoms with van der Waals surface area (Å²) in [6.07, 6.45) is -0.0791. The second kappa shape index (κ2) is 3.46. The number of nitrogens with two attached hydrogens (primary N) is 1. The summed E-state index contributed by atoms with van der Waals surface area (Å²) in [7, 11) is -4.34. The lowest BCUT2D eigenvalue weighted by molar-refractivity contribution is 0.187. The molecule has 0 aliphatic carbocycles.